The fraction of sp³-hybridized carbons (Fsp3) is 0.333. The quantitative estimate of drug-likeness (QED) is 0.584. The van der Waals surface area contributed by atoms with E-state index in [-0.39, 0.29) is 12.5 Å². The second kappa shape index (κ2) is 9.29. The van der Waals surface area contributed by atoms with Crippen molar-refractivity contribution in [3.63, 3.8) is 0 Å². The molecule has 0 spiro atoms. The van der Waals surface area contributed by atoms with Crippen molar-refractivity contribution < 1.29 is 9.53 Å². The minimum atomic E-state index is -0.140. The van der Waals surface area contributed by atoms with E-state index in [2.05, 4.69) is 50.0 Å². The molecule has 0 aliphatic carbocycles. The second-order valence-electron chi connectivity index (χ2n) is 6.99. The van der Waals surface area contributed by atoms with Crippen LogP contribution in [0.25, 0.3) is 0 Å². The van der Waals surface area contributed by atoms with E-state index >= 15 is 0 Å². The van der Waals surface area contributed by atoms with E-state index in [1.165, 1.54) is 11.1 Å². The maximum atomic E-state index is 12.2. The predicted molar refractivity (Wildman–Crippen MR) is 107 cm³/mol. The third kappa shape index (κ3) is 5.17. The van der Waals surface area contributed by atoms with Gasteiger partial charge in [-0.25, -0.2) is 4.68 Å². The lowest BCUT2D eigenvalue weighted by Gasteiger charge is -2.28. The first kappa shape index (κ1) is 19.1. The lowest BCUT2D eigenvalue weighted by atomic mass is 10.00. The lowest BCUT2D eigenvalue weighted by molar-refractivity contribution is -0.122. The van der Waals surface area contributed by atoms with Crippen molar-refractivity contribution in [2.45, 2.75) is 26.1 Å². The Hall–Kier alpha value is -3.26. The van der Waals surface area contributed by atoms with Crippen LogP contribution in [0, 0.1) is 0 Å². The predicted octanol–water partition coefficient (Wildman–Crippen LogP) is 1.43. The molecule has 0 saturated carbocycles. The Kier molecular flexibility index (Phi) is 6.11. The number of carbonyl (C=O) groups excluding carboxylic acids is 1. The molecule has 0 fully saturated rings. The van der Waals surface area contributed by atoms with Gasteiger partial charge in [0, 0.05) is 13.1 Å². The summed E-state index contributed by atoms with van der Waals surface area (Å²) in [5.74, 6) is 1.34. The Morgan fingerprint density at radius 3 is 2.72 bits per heavy atom. The summed E-state index contributed by atoms with van der Waals surface area (Å²) in [6, 6.07) is 18.0. The van der Waals surface area contributed by atoms with Crippen LogP contribution in [0.1, 0.15) is 17.0 Å². The maximum Gasteiger partial charge on any atom is 0.242 e. The highest BCUT2D eigenvalue weighted by Crippen LogP contribution is 2.19. The van der Waals surface area contributed by atoms with Gasteiger partial charge in [-0.1, -0.05) is 42.5 Å². The Labute approximate surface area is 169 Å². The van der Waals surface area contributed by atoms with E-state index in [0.29, 0.717) is 25.5 Å². The van der Waals surface area contributed by atoms with Gasteiger partial charge in [0.25, 0.3) is 0 Å². The molecule has 0 atom stereocenters. The van der Waals surface area contributed by atoms with Gasteiger partial charge in [0.05, 0.1) is 13.1 Å². The summed E-state index contributed by atoms with van der Waals surface area (Å²) in [4.78, 5) is 14.5. The SMILES string of the molecule is O=C(Cn1nnnc1CN1CCc2ccccc2C1)NCCOc1ccccc1. The number of tetrazole rings is 1. The summed E-state index contributed by atoms with van der Waals surface area (Å²) in [6.45, 7) is 3.36. The number of para-hydroxylation sites is 1. The van der Waals surface area contributed by atoms with Crippen LogP contribution in [0.15, 0.2) is 54.6 Å². The molecule has 0 bridgehead atoms. The van der Waals surface area contributed by atoms with Crippen LogP contribution in [-0.4, -0.2) is 50.7 Å². The first-order valence-electron chi connectivity index (χ1n) is 9.76. The second-order valence-corrected chi connectivity index (χ2v) is 6.99. The molecule has 1 aliphatic heterocycles. The summed E-state index contributed by atoms with van der Waals surface area (Å²) in [5.41, 5.74) is 2.74. The number of benzene rings is 2. The molecule has 2 aromatic carbocycles. The number of nitrogens with zero attached hydrogens (tertiary/aromatic N) is 5. The Balaban J connectivity index is 1.24. The van der Waals surface area contributed by atoms with Gasteiger partial charge in [-0.3, -0.25) is 9.69 Å². The van der Waals surface area contributed by atoms with Crippen molar-refractivity contribution in [2.24, 2.45) is 0 Å². The number of aromatic nitrogens is 4. The Morgan fingerprint density at radius 1 is 1.07 bits per heavy atom. The van der Waals surface area contributed by atoms with Crippen molar-refractivity contribution in [3.05, 3.63) is 71.5 Å². The Morgan fingerprint density at radius 2 is 1.86 bits per heavy atom. The van der Waals surface area contributed by atoms with E-state index in [9.17, 15) is 4.79 Å². The molecule has 1 N–H and O–H groups in total. The molecule has 4 rings (SSSR count). The van der Waals surface area contributed by atoms with Gasteiger partial charge in [-0.2, -0.15) is 0 Å². The molecule has 0 saturated heterocycles. The molecule has 1 amide bonds. The van der Waals surface area contributed by atoms with Crippen LogP contribution in [0.2, 0.25) is 0 Å². The van der Waals surface area contributed by atoms with Gasteiger partial charge in [0.2, 0.25) is 5.91 Å². The molecule has 1 aromatic heterocycles. The van der Waals surface area contributed by atoms with E-state index in [0.717, 1.165) is 25.3 Å². The zero-order chi connectivity index (χ0) is 19.9. The first-order valence-corrected chi connectivity index (χ1v) is 9.76. The van der Waals surface area contributed by atoms with Crippen molar-refractivity contribution in [1.29, 1.82) is 0 Å². The van der Waals surface area contributed by atoms with Gasteiger partial charge < -0.3 is 10.1 Å². The first-order chi connectivity index (χ1) is 14.3. The minimum absolute atomic E-state index is 0.0953. The number of fused-ring (bicyclic) bond motifs is 1. The maximum absolute atomic E-state index is 12.2. The molecule has 150 valence electrons. The number of carbonyl (C=O) groups is 1. The average molecular weight is 392 g/mol. The molecule has 29 heavy (non-hydrogen) atoms. The monoisotopic (exact) mass is 392 g/mol. The fourth-order valence-corrected chi connectivity index (χ4v) is 3.42. The highest BCUT2D eigenvalue weighted by atomic mass is 16.5. The fourth-order valence-electron chi connectivity index (χ4n) is 3.42. The third-order valence-electron chi connectivity index (χ3n) is 4.91. The summed E-state index contributed by atoms with van der Waals surface area (Å²) < 4.78 is 7.14. The van der Waals surface area contributed by atoms with E-state index in [4.69, 9.17) is 4.74 Å². The van der Waals surface area contributed by atoms with Crippen LogP contribution < -0.4 is 10.1 Å². The topological polar surface area (TPSA) is 85.2 Å². The van der Waals surface area contributed by atoms with E-state index in [1.54, 1.807) is 4.68 Å². The summed E-state index contributed by atoms with van der Waals surface area (Å²) in [6.07, 6.45) is 1.01. The number of rotatable bonds is 8. The van der Waals surface area contributed by atoms with Gasteiger partial charge in [0.1, 0.15) is 18.9 Å². The van der Waals surface area contributed by atoms with E-state index in [1.807, 2.05) is 30.3 Å². The molecule has 3 aromatic rings. The molecule has 0 radical (unpaired) electrons. The molecule has 0 unspecified atom stereocenters. The normalized spacial score (nSPS) is 13.7. The summed E-state index contributed by atoms with van der Waals surface area (Å²) in [7, 11) is 0. The van der Waals surface area contributed by atoms with Crippen molar-refractivity contribution >= 4 is 5.91 Å². The van der Waals surface area contributed by atoms with Crippen LogP contribution in [-0.2, 0) is 30.8 Å². The molecular weight excluding hydrogens is 368 g/mol. The van der Waals surface area contributed by atoms with Gasteiger partial charge in [-0.15, -0.1) is 5.10 Å². The number of hydrogen-bond acceptors (Lipinski definition) is 6. The average Bonchev–Trinajstić information content (AvgIpc) is 3.18. The highest BCUT2D eigenvalue weighted by Gasteiger charge is 2.19. The van der Waals surface area contributed by atoms with Crippen LogP contribution in [0.3, 0.4) is 0 Å². The van der Waals surface area contributed by atoms with Gasteiger partial charge in [0.15, 0.2) is 5.82 Å². The molecule has 8 heteroatoms. The van der Waals surface area contributed by atoms with Crippen LogP contribution >= 0.6 is 0 Å². The van der Waals surface area contributed by atoms with Crippen molar-refractivity contribution in [2.75, 3.05) is 19.7 Å². The molecule has 8 nitrogen and oxygen atoms in total. The van der Waals surface area contributed by atoms with Crippen LogP contribution in [0.4, 0.5) is 0 Å². The zero-order valence-corrected chi connectivity index (χ0v) is 16.2. The molecular formula is C21H24N6O2. The lowest BCUT2D eigenvalue weighted by Crippen LogP contribution is -2.34. The number of hydrogen-bond donors (Lipinski definition) is 1. The van der Waals surface area contributed by atoms with Crippen molar-refractivity contribution in [1.82, 2.24) is 30.4 Å². The molecule has 1 aliphatic rings. The zero-order valence-electron chi connectivity index (χ0n) is 16.2. The van der Waals surface area contributed by atoms with Crippen molar-refractivity contribution in [3.8, 4) is 5.75 Å². The Bertz CT molecular complexity index is 943. The number of ether oxygens (including phenoxy) is 1. The number of amides is 1. The smallest absolute Gasteiger partial charge is 0.242 e. The third-order valence-corrected chi connectivity index (χ3v) is 4.91. The summed E-state index contributed by atoms with van der Waals surface area (Å²) >= 11 is 0. The van der Waals surface area contributed by atoms with Crippen LogP contribution in [0.5, 0.6) is 5.75 Å². The van der Waals surface area contributed by atoms with E-state index < -0.39 is 0 Å². The highest BCUT2D eigenvalue weighted by molar-refractivity contribution is 5.75. The standard InChI is InChI=1S/C21H24N6O2/c28-21(22-11-13-29-19-8-2-1-3-9-19)16-27-20(23-24-25-27)15-26-12-10-17-6-4-5-7-18(17)14-26/h1-9H,10-16H2,(H,22,28). The summed E-state index contributed by atoms with van der Waals surface area (Å²) in [5, 5.41) is 14.7. The van der Waals surface area contributed by atoms with Gasteiger partial charge in [-0.05, 0) is 40.1 Å². The largest absolute Gasteiger partial charge is 0.492 e. The number of nitrogens with one attached hydrogen (secondary N) is 1. The van der Waals surface area contributed by atoms with Gasteiger partial charge >= 0.3 is 0 Å². The molecule has 2 heterocycles. The minimum Gasteiger partial charge on any atom is -0.492 e.